The van der Waals surface area contributed by atoms with E-state index in [1.165, 1.54) is 24.3 Å². The molecule has 3 aromatic rings. The highest BCUT2D eigenvalue weighted by atomic mass is 32.2. The Morgan fingerprint density at radius 2 is 1.73 bits per heavy atom. The number of aryl methyl sites for hydroxylation is 2. The molecule has 1 saturated heterocycles. The van der Waals surface area contributed by atoms with Gasteiger partial charge < -0.3 is 14.5 Å². The molecular weight excluding hydrogens is 594 g/mol. The average molecular weight is 640 g/mol. The molecule has 1 aliphatic heterocycles. The summed E-state index contributed by atoms with van der Waals surface area (Å²) < 4.78 is 34.9. The second-order valence-electron chi connectivity index (χ2n) is 12.9. The largest absolute Gasteiger partial charge is 0.444 e. The fourth-order valence-electron chi connectivity index (χ4n) is 5.55. The van der Waals surface area contributed by atoms with E-state index in [0.29, 0.717) is 31.1 Å². The molecule has 12 heteroatoms. The van der Waals surface area contributed by atoms with Crippen LogP contribution >= 0.6 is 0 Å². The van der Waals surface area contributed by atoms with Crippen molar-refractivity contribution in [1.29, 1.82) is 0 Å². The van der Waals surface area contributed by atoms with Crippen molar-refractivity contribution < 1.29 is 24.2 Å². The molecule has 0 aliphatic carbocycles. The van der Waals surface area contributed by atoms with E-state index >= 15 is 0 Å². The van der Waals surface area contributed by atoms with Gasteiger partial charge in [0.15, 0.2) is 0 Å². The number of carbonyl (C=O) groups excluding carboxylic acids is 2. The first-order chi connectivity index (χ1) is 21.0. The molecule has 2 heterocycles. The van der Waals surface area contributed by atoms with E-state index in [4.69, 9.17) is 4.74 Å². The molecule has 0 radical (unpaired) electrons. The maximum absolute atomic E-state index is 13.7. The van der Waals surface area contributed by atoms with E-state index in [9.17, 15) is 22.8 Å². The summed E-state index contributed by atoms with van der Waals surface area (Å²) in [6.07, 6.45) is 0.926. The summed E-state index contributed by atoms with van der Waals surface area (Å²) in [5.41, 5.74) is 1.90. The maximum Gasteiger partial charge on any atom is 0.410 e. The van der Waals surface area contributed by atoms with Crippen molar-refractivity contribution in [2.75, 3.05) is 24.4 Å². The number of rotatable bonds is 7. The topological polar surface area (TPSA) is 142 Å². The van der Waals surface area contributed by atoms with Crippen LogP contribution in [0, 0.1) is 19.8 Å². The molecule has 244 valence electrons. The number of sulfonamides is 1. The SMILES string of the molecule is Cc1cccc(C)c1-c1cc(=O)[nH]c(NS(=O)(=O)c2cccc(C(=O)N3CC[C@@H](CC(C)C)N(C(=O)OC(C)(C)C)CC3)c2)n1.[HH]. The van der Waals surface area contributed by atoms with E-state index in [0.717, 1.165) is 23.1 Å². The highest BCUT2D eigenvalue weighted by Crippen LogP contribution is 2.26. The van der Waals surface area contributed by atoms with Crippen LogP contribution in [0.25, 0.3) is 11.3 Å². The number of ether oxygens (including phenoxy) is 1. The van der Waals surface area contributed by atoms with Crippen molar-refractivity contribution in [2.45, 2.75) is 77.8 Å². The van der Waals surface area contributed by atoms with Crippen LogP contribution in [-0.4, -0.2) is 71.5 Å². The molecule has 2 aromatic carbocycles. The number of aromatic nitrogens is 2. The molecule has 2 N–H and O–H groups in total. The van der Waals surface area contributed by atoms with Crippen LogP contribution in [0.2, 0.25) is 0 Å². The summed E-state index contributed by atoms with van der Waals surface area (Å²) in [7, 11) is -4.23. The van der Waals surface area contributed by atoms with E-state index in [1.54, 1.807) is 15.9 Å². The van der Waals surface area contributed by atoms with E-state index in [-0.39, 0.29) is 36.3 Å². The molecule has 0 bridgehead atoms. The number of hydrogen-bond acceptors (Lipinski definition) is 7. The van der Waals surface area contributed by atoms with Crippen molar-refractivity contribution >= 4 is 28.0 Å². The third-order valence-electron chi connectivity index (χ3n) is 7.54. The van der Waals surface area contributed by atoms with Crippen LogP contribution < -0.4 is 10.3 Å². The lowest BCUT2D eigenvalue weighted by Gasteiger charge is -2.32. The van der Waals surface area contributed by atoms with Gasteiger partial charge in [-0.3, -0.25) is 14.6 Å². The van der Waals surface area contributed by atoms with E-state index in [1.807, 2.05) is 52.8 Å². The van der Waals surface area contributed by atoms with Crippen LogP contribution in [0.15, 0.2) is 58.2 Å². The first-order valence-electron chi connectivity index (χ1n) is 15.1. The molecule has 2 amide bonds. The van der Waals surface area contributed by atoms with Crippen molar-refractivity contribution in [2.24, 2.45) is 5.92 Å². The Hall–Kier alpha value is -4.19. The number of aromatic amines is 1. The molecule has 1 aromatic heterocycles. The standard InChI is InChI=1S/C33H43N5O6S.H2/c1-21(2)18-25-14-15-37(16-17-38(25)32(41)44-33(5,6)7)30(40)24-12-9-13-26(19-24)45(42,43)36-31-34-27(20-28(39)35-31)29-22(3)10-8-11-23(29)4;/h8-13,19-21,25H,14-18H2,1-7H3,(H2,34,35,36,39);1H/t25-;/m0./s1. The molecular formula is C33H45N5O6S. The zero-order valence-corrected chi connectivity index (χ0v) is 27.8. The summed E-state index contributed by atoms with van der Waals surface area (Å²) in [5, 5.41) is 0. The zero-order valence-electron chi connectivity index (χ0n) is 27.0. The van der Waals surface area contributed by atoms with Gasteiger partial charge in [0.1, 0.15) is 5.60 Å². The Balaban J connectivity index is 0.00000576. The third-order valence-corrected chi connectivity index (χ3v) is 8.88. The first-order valence-corrected chi connectivity index (χ1v) is 16.6. The Bertz CT molecular complexity index is 1710. The van der Waals surface area contributed by atoms with Crippen molar-refractivity contribution in [3.8, 4) is 11.3 Å². The van der Waals surface area contributed by atoms with Crippen molar-refractivity contribution in [1.82, 2.24) is 19.8 Å². The zero-order chi connectivity index (χ0) is 33.1. The first kappa shape index (κ1) is 33.7. The quantitative estimate of drug-likeness (QED) is 0.343. The summed E-state index contributed by atoms with van der Waals surface area (Å²) in [4.78, 5) is 49.2. The minimum Gasteiger partial charge on any atom is -0.444 e. The lowest BCUT2D eigenvalue weighted by atomic mass is 10.00. The van der Waals surface area contributed by atoms with Crippen LogP contribution in [0.4, 0.5) is 10.7 Å². The second-order valence-corrected chi connectivity index (χ2v) is 14.6. The molecule has 0 saturated carbocycles. The molecule has 45 heavy (non-hydrogen) atoms. The summed E-state index contributed by atoms with van der Waals surface area (Å²) in [6, 6.07) is 12.6. The van der Waals surface area contributed by atoms with Gasteiger partial charge in [-0.25, -0.2) is 22.9 Å². The Morgan fingerprint density at radius 3 is 2.38 bits per heavy atom. The van der Waals surface area contributed by atoms with Gasteiger partial charge in [0, 0.05) is 44.3 Å². The number of carbonyl (C=O) groups is 2. The van der Waals surface area contributed by atoms with Crippen molar-refractivity contribution in [3.63, 3.8) is 0 Å². The lowest BCUT2D eigenvalue weighted by molar-refractivity contribution is 0.0151. The third kappa shape index (κ3) is 8.50. The molecule has 4 rings (SSSR count). The van der Waals surface area contributed by atoms with Crippen LogP contribution in [0.3, 0.4) is 0 Å². The molecule has 0 spiro atoms. The number of hydrogen-bond donors (Lipinski definition) is 2. The predicted octanol–water partition coefficient (Wildman–Crippen LogP) is 5.60. The van der Waals surface area contributed by atoms with Gasteiger partial charge in [0.2, 0.25) is 5.95 Å². The molecule has 1 aliphatic rings. The fraction of sp³-hybridized carbons (Fsp3) is 0.455. The number of amides is 2. The number of H-pyrrole nitrogens is 1. The maximum atomic E-state index is 13.7. The van der Waals surface area contributed by atoms with Gasteiger partial charge in [0.05, 0.1) is 10.6 Å². The van der Waals surface area contributed by atoms with Gasteiger partial charge in [0.25, 0.3) is 21.5 Å². The Morgan fingerprint density at radius 1 is 1.07 bits per heavy atom. The van der Waals surface area contributed by atoms with Crippen LogP contribution in [-0.2, 0) is 14.8 Å². The Kier molecular flexibility index (Phi) is 10.1. The van der Waals surface area contributed by atoms with Crippen LogP contribution in [0.1, 0.15) is 70.4 Å². The highest BCUT2D eigenvalue weighted by Gasteiger charge is 2.33. The predicted molar refractivity (Wildman–Crippen MR) is 176 cm³/mol. The number of benzene rings is 2. The molecule has 1 atom stereocenters. The average Bonchev–Trinajstić information content (AvgIpc) is 3.13. The van der Waals surface area contributed by atoms with Gasteiger partial charge in [-0.1, -0.05) is 38.1 Å². The van der Waals surface area contributed by atoms with Gasteiger partial charge in [-0.2, -0.15) is 0 Å². The molecule has 1 fully saturated rings. The normalized spacial score (nSPS) is 16.0. The van der Waals surface area contributed by atoms with Gasteiger partial charge in [-0.05, 0) is 82.7 Å². The fourth-order valence-corrected chi connectivity index (χ4v) is 6.56. The van der Waals surface area contributed by atoms with E-state index < -0.39 is 27.3 Å². The monoisotopic (exact) mass is 639 g/mol. The number of anilines is 1. The van der Waals surface area contributed by atoms with Gasteiger partial charge >= 0.3 is 6.09 Å². The number of nitrogens with zero attached hydrogens (tertiary/aromatic N) is 3. The second kappa shape index (κ2) is 13.4. The van der Waals surface area contributed by atoms with E-state index in [2.05, 4.69) is 28.5 Å². The molecule has 11 nitrogen and oxygen atoms in total. The highest BCUT2D eigenvalue weighted by molar-refractivity contribution is 7.92. The van der Waals surface area contributed by atoms with Crippen LogP contribution in [0.5, 0.6) is 0 Å². The number of nitrogens with one attached hydrogen (secondary N) is 2. The summed E-state index contributed by atoms with van der Waals surface area (Å²) in [6.45, 7) is 14.4. The summed E-state index contributed by atoms with van der Waals surface area (Å²) in [5.74, 6) is -0.241. The minimum absolute atomic E-state index is 0. The lowest BCUT2D eigenvalue weighted by Crippen LogP contribution is -2.45. The minimum atomic E-state index is -4.23. The Labute approximate surface area is 266 Å². The summed E-state index contributed by atoms with van der Waals surface area (Å²) >= 11 is 0. The van der Waals surface area contributed by atoms with Gasteiger partial charge in [-0.15, -0.1) is 0 Å². The molecule has 0 unspecified atom stereocenters. The van der Waals surface area contributed by atoms with Crippen molar-refractivity contribution in [3.05, 3.63) is 75.6 Å². The smallest absolute Gasteiger partial charge is 0.410 e.